The summed E-state index contributed by atoms with van der Waals surface area (Å²) < 4.78 is 18.5. The monoisotopic (exact) mass is 732 g/mol. The SMILES string of the molecule is COC1C(CN2O[C@@H](CO)[C@H]([C@H](C)O)[C@H]2C(=O)N[C@H]2CC3C[C@@H]([C@@H]2C)C3(C)C)CCCC1C1CC2OCOC2C(C(=O)NCCC2CCCCC2)C1. The molecule has 0 aromatic carbocycles. The maximum atomic E-state index is 14.3. The van der Waals surface area contributed by atoms with Gasteiger partial charge in [0.25, 0.3) is 0 Å². The predicted molar refractivity (Wildman–Crippen MR) is 195 cm³/mol. The Morgan fingerprint density at radius 3 is 2.48 bits per heavy atom. The maximum absolute atomic E-state index is 14.3. The number of hydrogen-bond donors (Lipinski definition) is 4. The molecule has 0 aromatic heterocycles. The maximum Gasteiger partial charge on any atom is 0.240 e. The molecule has 2 amide bonds. The second kappa shape index (κ2) is 16.4. The Kier molecular flexibility index (Phi) is 12.3. The molecular weight excluding hydrogens is 662 g/mol. The average Bonchev–Trinajstić information content (AvgIpc) is 3.77. The molecule has 296 valence electrons. The Morgan fingerprint density at radius 2 is 1.79 bits per heavy atom. The van der Waals surface area contributed by atoms with Crippen LogP contribution in [0.15, 0.2) is 0 Å². The van der Waals surface area contributed by atoms with E-state index in [1.807, 2.05) is 0 Å². The highest BCUT2D eigenvalue weighted by Crippen LogP contribution is 2.61. The normalized spacial score (nSPS) is 44.1. The Hall–Kier alpha value is -1.34. The van der Waals surface area contributed by atoms with Crippen LogP contribution in [0.2, 0.25) is 0 Å². The fourth-order valence-corrected chi connectivity index (χ4v) is 12.5. The second-order valence-electron chi connectivity index (χ2n) is 18.7. The summed E-state index contributed by atoms with van der Waals surface area (Å²) in [6.45, 7) is 9.84. The van der Waals surface area contributed by atoms with Crippen LogP contribution in [0.4, 0.5) is 0 Å². The minimum Gasteiger partial charge on any atom is -0.394 e. The van der Waals surface area contributed by atoms with Gasteiger partial charge in [-0.25, -0.2) is 0 Å². The molecule has 2 saturated heterocycles. The Bertz CT molecular complexity index is 1230. The van der Waals surface area contributed by atoms with Gasteiger partial charge in [-0.15, -0.1) is 0 Å². The second-order valence-corrected chi connectivity index (χ2v) is 18.7. The number of ether oxygens (including phenoxy) is 3. The standard InChI is InChI=1S/C41H69N3O8/c1-23-31-18-28(41(31,3)4)19-32(23)43-40(48)36-35(24(2)46)34(21-45)52-44(36)20-26-12-9-13-29(37(26)49-5)27-16-30(38-33(17-27)50-22-51-38)39(47)42-15-14-25-10-7-6-8-11-25/h23-38,45-46H,6-22H2,1-5H3,(H,42,47)(H,43,48)/t23-,24-,26?,27?,28?,29?,30?,31-,32-,33?,34-,35-,36-,37?,38?/m0/s1. The number of hydrogen-bond acceptors (Lipinski definition) is 9. The lowest BCUT2D eigenvalue weighted by Crippen LogP contribution is -2.62. The largest absolute Gasteiger partial charge is 0.394 e. The summed E-state index contributed by atoms with van der Waals surface area (Å²) >= 11 is 0. The molecule has 8 fully saturated rings. The third-order valence-electron chi connectivity index (χ3n) is 15.7. The molecule has 2 bridgehead atoms. The molecule has 11 nitrogen and oxygen atoms in total. The van der Waals surface area contributed by atoms with Gasteiger partial charge in [0, 0.05) is 38.1 Å². The number of carbonyl (C=O) groups is 2. The molecule has 8 unspecified atom stereocenters. The van der Waals surface area contributed by atoms with E-state index in [1.165, 1.54) is 38.5 Å². The topological polar surface area (TPSA) is 139 Å². The number of nitrogens with zero attached hydrogens (tertiary/aromatic N) is 1. The summed E-state index contributed by atoms with van der Waals surface area (Å²) in [5.41, 5.74) is 0.314. The van der Waals surface area contributed by atoms with E-state index in [0.29, 0.717) is 29.7 Å². The van der Waals surface area contributed by atoms with Crippen molar-refractivity contribution in [2.45, 2.75) is 154 Å². The van der Waals surface area contributed by atoms with Crippen LogP contribution in [0.5, 0.6) is 0 Å². The average molecular weight is 732 g/mol. The highest BCUT2D eigenvalue weighted by molar-refractivity contribution is 5.83. The van der Waals surface area contributed by atoms with Gasteiger partial charge in [-0.05, 0) is 92.8 Å². The first-order valence-corrected chi connectivity index (χ1v) is 21.1. The van der Waals surface area contributed by atoms with Gasteiger partial charge in [0.2, 0.25) is 11.8 Å². The fourth-order valence-electron chi connectivity index (χ4n) is 12.5. The molecule has 15 atom stereocenters. The molecule has 6 aliphatic carbocycles. The number of aliphatic hydroxyl groups is 2. The van der Waals surface area contributed by atoms with Gasteiger partial charge in [0.05, 0.1) is 36.9 Å². The molecule has 4 N–H and O–H groups in total. The molecule has 0 spiro atoms. The first-order chi connectivity index (χ1) is 25.0. The summed E-state index contributed by atoms with van der Waals surface area (Å²) in [4.78, 5) is 34.4. The van der Waals surface area contributed by atoms with Gasteiger partial charge >= 0.3 is 0 Å². The lowest BCUT2D eigenvalue weighted by Gasteiger charge is -2.62. The Morgan fingerprint density at radius 1 is 1.00 bits per heavy atom. The molecule has 2 aliphatic heterocycles. The van der Waals surface area contributed by atoms with E-state index in [-0.39, 0.29) is 73.2 Å². The van der Waals surface area contributed by atoms with Crippen LogP contribution < -0.4 is 10.6 Å². The summed E-state index contributed by atoms with van der Waals surface area (Å²) in [5.74, 6) is 2.01. The van der Waals surface area contributed by atoms with E-state index in [9.17, 15) is 19.8 Å². The van der Waals surface area contributed by atoms with Crippen molar-refractivity contribution in [1.29, 1.82) is 0 Å². The Labute approximate surface area is 311 Å². The molecule has 0 aromatic rings. The van der Waals surface area contributed by atoms with Gasteiger partial charge in [0.1, 0.15) is 18.9 Å². The predicted octanol–water partition coefficient (Wildman–Crippen LogP) is 4.43. The van der Waals surface area contributed by atoms with Crippen LogP contribution >= 0.6 is 0 Å². The minimum atomic E-state index is -0.832. The van der Waals surface area contributed by atoms with E-state index in [0.717, 1.165) is 57.4 Å². The lowest BCUT2D eigenvalue weighted by molar-refractivity contribution is -0.193. The molecule has 2 heterocycles. The highest BCUT2D eigenvalue weighted by atomic mass is 16.7. The zero-order valence-electron chi connectivity index (χ0n) is 32.5. The number of carbonyl (C=O) groups excluding carboxylic acids is 2. The van der Waals surface area contributed by atoms with Crippen molar-refractivity contribution in [1.82, 2.24) is 15.7 Å². The zero-order valence-corrected chi connectivity index (χ0v) is 32.5. The van der Waals surface area contributed by atoms with Crippen LogP contribution in [0.25, 0.3) is 0 Å². The van der Waals surface area contributed by atoms with Crippen molar-refractivity contribution in [3.63, 3.8) is 0 Å². The minimum absolute atomic E-state index is 0.0782. The summed E-state index contributed by atoms with van der Waals surface area (Å²) in [7, 11) is 1.79. The van der Waals surface area contributed by atoms with Gasteiger partial charge in [-0.2, -0.15) is 5.06 Å². The van der Waals surface area contributed by atoms with Crippen molar-refractivity contribution < 1.29 is 38.9 Å². The van der Waals surface area contributed by atoms with E-state index >= 15 is 0 Å². The third kappa shape index (κ3) is 7.59. The van der Waals surface area contributed by atoms with Crippen LogP contribution in [-0.4, -0.2) is 103 Å². The van der Waals surface area contributed by atoms with Crippen LogP contribution in [0.1, 0.15) is 111 Å². The summed E-state index contributed by atoms with van der Waals surface area (Å²) in [6, 6.07) is -0.622. The van der Waals surface area contributed by atoms with Gasteiger partial charge < -0.3 is 35.1 Å². The lowest BCUT2D eigenvalue weighted by atomic mass is 9.45. The van der Waals surface area contributed by atoms with Crippen molar-refractivity contribution in [2.75, 3.05) is 33.6 Å². The quantitative estimate of drug-likeness (QED) is 0.230. The fraction of sp³-hybridized carbons (Fsp3) is 0.951. The van der Waals surface area contributed by atoms with E-state index in [1.54, 1.807) is 19.1 Å². The van der Waals surface area contributed by atoms with Crippen LogP contribution in [-0.2, 0) is 28.6 Å². The van der Waals surface area contributed by atoms with Gasteiger partial charge in [-0.3, -0.25) is 14.4 Å². The molecule has 6 saturated carbocycles. The van der Waals surface area contributed by atoms with Crippen molar-refractivity contribution >= 4 is 11.8 Å². The van der Waals surface area contributed by atoms with E-state index in [4.69, 9.17) is 19.0 Å². The Balaban J connectivity index is 1.03. The zero-order chi connectivity index (χ0) is 36.7. The molecule has 11 heteroatoms. The van der Waals surface area contributed by atoms with Crippen LogP contribution in [0.3, 0.4) is 0 Å². The van der Waals surface area contributed by atoms with Crippen LogP contribution in [0, 0.1) is 58.7 Å². The summed E-state index contributed by atoms with van der Waals surface area (Å²) in [5, 5.41) is 29.8. The van der Waals surface area contributed by atoms with Crippen molar-refractivity contribution in [3.8, 4) is 0 Å². The summed E-state index contributed by atoms with van der Waals surface area (Å²) in [6.07, 6.45) is 12.4. The number of aliphatic hydroxyl groups excluding tert-OH is 2. The van der Waals surface area contributed by atoms with Crippen molar-refractivity contribution in [3.05, 3.63) is 0 Å². The van der Waals surface area contributed by atoms with Gasteiger partial charge in [-0.1, -0.05) is 59.3 Å². The molecule has 8 aliphatic rings. The molecule has 0 radical (unpaired) electrons. The first-order valence-electron chi connectivity index (χ1n) is 21.1. The molecule has 52 heavy (non-hydrogen) atoms. The number of amides is 2. The third-order valence-corrected chi connectivity index (χ3v) is 15.7. The van der Waals surface area contributed by atoms with E-state index < -0.39 is 24.2 Å². The number of rotatable bonds is 12. The number of methoxy groups -OCH3 is 1. The first kappa shape index (κ1) is 38.9. The number of fused-ring (bicyclic) bond motifs is 3. The number of nitrogens with one attached hydrogen (secondary N) is 2. The highest BCUT2D eigenvalue weighted by Gasteiger charge is 2.58. The van der Waals surface area contributed by atoms with E-state index in [2.05, 4.69) is 31.4 Å². The smallest absolute Gasteiger partial charge is 0.240 e. The molecule has 8 rings (SSSR count). The van der Waals surface area contributed by atoms with Crippen molar-refractivity contribution in [2.24, 2.45) is 58.7 Å². The molecular formula is C41H69N3O8. The van der Waals surface area contributed by atoms with Gasteiger partial charge in [0.15, 0.2) is 0 Å². The number of hydroxylamine groups is 2.